The number of carbonyl (C=O) groups is 1. The van der Waals surface area contributed by atoms with Crippen molar-refractivity contribution in [3.05, 3.63) is 102 Å². The highest BCUT2D eigenvalue weighted by Crippen LogP contribution is 2.30. The number of anilines is 1. The zero-order valence-corrected chi connectivity index (χ0v) is 21.7. The molecule has 1 aliphatic carbocycles. The van der Waals surface area contributed by atoms with E-state index in [0.717, 1.165) is 46.0 Å². The number of methoxy groups -OCH3 is 1. The molecule has 0 atom stereocenters. The molecule has 0 spiro atoms. The highest BCUT2D eigenvalue weighted by atomic mass is 16.5. The van der Waals surface area contributed by atoms with E-state index in [1.165, 1.54) is 25.7 Å². The molecule has 194 valence electrons. The van der Waals surface area contributed by atoms with Gasteiger partial charge in [0.05, 0.1) is 31.1 Å². The lowest BCUT2D eigenvalue weighted by atomic mass is 10.0. The lowest BCUT2D eigenvalue weighted by molar-refractivity contribution is -0.115. The minimum absolute atomic E-state index is 0.109. The van der Waals surface area contributed by atoms with Gasteiger partial charge in [0.2, 0.25) is 5.91 Å². The largest absolute Gasteiger partial charge is 0.497 e. The van der Waals surface area contributed by atoms with Crippen molar-refractivity contribution in [3.63, 3.8) is 0 Å². The van der Waals surface area contributed by atoms with E-state index >= 15 is 0 Å². The van der Waals surface area contributed by atoms with Gasteiger partial charge in [-0.1, -0.05) is 68.1 Å². The number of ether oxygens (including phenoxy) is 2. The van der Waals surface area contributed by atoms with Crippen LogP contribution in [0.25, 0.3) is 11.3 Å². The van der Waals surface area contributed by atoms with Crippen LogP contribution in [0.3, 0.4) is 0 Å². The first-order chi connectivity index (χ1) is 18.7. The van der Waals surface area contributed by atoms with Gasteiger partial charge >= 0.3 is 0 Å². The third-order valence-electron chi connectivity index (χ3n) is 6.98. The summed E-state index contributed by atoms with van der Waals surface area (Å²) >= 11 is 0. The third-order valence-corrected chi connectivity index (χ3v) is 6.98. The molecule has 4 aromatic rings. The number of benzene rings is 3. The van der Waals surface area contributed by atoms with Crippen LogP contribution in [0, 0.1) is 5.92 Å². The van der Waals surface area contributed by atoms with Gasteiger partial charge in [-0.2, -0.15) is 0 Å². The van der Waals surface area contributed by atoms with Crippen molar-refractivity contribution in [2.24, 2.45) is 5.92 Å². The van der Waals surface area contributed by atoms with E-state index in [4.69, 9.17) is 14.5 Å². The van der Waals surface area contributed by atoms with E-state index in [1.807, 2.05) is 78.9 Å². The molecular weight excluding hydrogens is 474 g/mol. The number of amides is 1. The summed E-state index contributed by atoms with van der Waals surface area (Å²) < 4.78 is 11.1. The first-order valence-corrected chi connectivity index (χ1v) is 13.2. The van der Waals surface area contributed by atoms with Crippen LogP contribution in [-0.4, -0.2) is 23.0 Å². The van der Waals surface area contributed by atoms with E-state index in [2.05, 4.69) is 10.3 Å². The van der Waals surface area contributed by atoms with Crippen LogP contribution in [-0.2, 0) is 24.2 Å². The van der Waals surface area contributed by atoms with Crippen molar-refractivity contribution in [1.82, 2.24) is 9.97 Å². The molecule has 5 rings (SSSR count). The monoisotopic (exact) mass is 507 g/mol. The predicted molar refractivity (Wildman–Crippen MR) is 149 cm³/mol. The number of carbonyl (C=O) groups excluding carboxylic acids is 1. The van der Waals surface area contributed by atoms with Crippen molar-refractivity contribution in [3.8, 4) is 22.8 Å². The molecule has 1 aromatic heterocycles. The van der Waals surface area contributed by atoms with Crippen LogP contribution in [0.2, 0.25) is 0 Å². The Kier molecular flexibility index (Phi) is 8.29. The van der Waals surface area contributed by atoms with Gasteiger partial charge in [0, 0.05) is 5.56 Å². The summed E-state index contributed by atoms with van der Waals surface area (Å²) in [6.45, 7) is 0.510. The van der Waals surface area contributed by atoms with Crippen LogP contribution >= 0.6 is 0 Å². The summed E-state index contributed by atoms with van der Waals surface area (Å²) in [7, 11) is 1.65. The maximum absolute atomic E-state index is 13.0. The van der Waals surface area contributed by atoms with Gasteiger partial charge in [-0.3, -0.25) is 4.79 Å². The van der Waals surface area contributed by atoms with Crippen molar-refractivity contribution in [2.45, 2.75) is 45.1 Å². The minimum atomic E-state index is -0.109. The van der Waals surface area contributed by atoms with E-state index in [1.54, 1.807) is 13.3 Å². The van der Waals surface area contributed by atoms with Crippen LogP contribution in [0.5, 0.6) is 11.5 Å². The Morgan fingerprint density at radius 3 is 2.32 bits per heavy atom. The zero-order chi connectivity index (χ0) is 26.2. The van der Waals surface area contributed by atoms with Crippen molar-refractivity contribution in [1.29, 1.82) is 0 Å². The van der Waals surface area contributed by atoms with Crippen LogP contribution in [0.1, 0.15) is 42.5 Å². The van der Waals surface area contributed by atoms with E-state index < -0.39 is 0 Å². The van der Waals surface area contributed by atoms with Gasteiger partial charge in [0.25, 0.3) is 0 Å². The van der Waals surface area contributed by atoms with Gasteiger partial charge in [0.1, 0.15) is 18.1 Å². The fourth-order valence-electron chi connectivity index (χ4n) is 4.87. The minimum Gasteiger partial charge on any atom is -0.497 e. The number of aromatic nitrogens is 2. The molecule has 6 heteroatoms. The molecular formula is C32H33N3O3. The fourth-order valence-corrected chi connectivity index (χ4v) is 4.87. The third kappa shape index (κ3) is 6.76. The Labute approximate surface area is 224 Å². The van der Waals surface area contributed by atoms with E-state index in [-0.39, 0.29) is 12.3 Å². The highest BCUT2D eigenvalue weighted by Gasteiger charge is 2.20. The first kappa shape index (κ1) is 25.5. The summed E-state index contributed by atoms with van der Waals surface area (Å²) in [5.74, 6) is 2.60. The van der Waals surface area contributed by atoms with Gasteiger partial charge in [-0.25, -0.2) is 9.97 Å². The molecule has 0 aliphatic heterocycles. The average molecular weight is 508 g/mol. The number of nitrogens with zero attached hydrogens (tertiary/aromatic N) is 2. The molecule has 1 amide bonds. The number of hydrogen-bond acceptors (Lipinski definition) is 5. The second kappa shape index (κ2) is 12.4. The quantitative estimate of drug-likeness (QED) is 0.260. The topological polar surface area (TPSA) is 73.3 Å². The summed E-state index contributed by atoms with van der Waals surface area (Å²) in [6.07, 6.45) is 7.70. The van der Waals surface area contributed by atoms with Gasteiger partial charge < -0.3 is 14.8 Å². The molecule has 38 heavy (non-hydrogen) atoms. The van der Waals surface area contributed by atoms with Gasteiger partial charge in [0.15, 0.2) is 5.82 Å². The molecule has 3 aromatic carbocycles. The average Bonchev–Trinajstić information content (AvgIpc) is 3.47. The molecule has 1 saturated carbocycles. The Morgan fingerprint density at radius 2 is 1.61 bits per heavy atom. The van der Waals surface area contributed by atoms with Crippen molar-refractivity contribution >= 4 is 11.7 Å². The second-order valence-electron chi connectivity index (χ2n) is 9.78. The molecule has 0 radical (unpaired) electrons. The Balaban J connectivity index is 1.25. The lowest BCUT2D eigenvalue weighted by Crippen LogP contribution is -2.18. The summed E-state index contributed by atoms with van der Waals surface area (Å²) in [6, 6.07) is 25.5. The standard InChI is InChI=1S/C32H33N3O3/c1-37-27-17-13-26(14-18-27)30-21-33-32(29(34-30)19-23-7-5-6-8-23)35-31(36)20-24-11-15-28(16-12-24)38-22-25-9-3-2-4-10-25/h2-4,9-18,21,23H,5-8,19-20,22H2,1H3,(H,33,35,36). The van der Waals surface area contributed by atoms with Gasteiger partial charge in [-0.05, 0) is 59.9 Å². The van der Waals surface area contributed by atoms with Crippen LogP contribution in [0.15, 0.2) is 85.1 Å². The second-order valence-corrected chi connectivity index (χ2v) is 9.78. The highest BCUT2D eigenvalue weighted by molar-refractivity contribution is 5.92. The Bertz CT molecular complexity index is 1330. The molecule has 6 nitrogen and oxygen atoms in total. The maximum Gasteiger partial charge on any atom is 0.229 e. The molecule has 0 unspecified atom stereocenters. The Hall–Kier alpha value is -4.19. The van der Waals surface area contributed by atoms with Crippen molar-refractivity contribution in [2.75, 3.05) is 12.4 Å². The molecule has 1 heterocycles. The molecule has 0 bridgehead atoms. The SMILES string of the molecule is COc1ccc(-c2cnc(NC(=O)Cc3ccc(OCc4ccccc4)cc3)c(CC3CCCC3)n2)cc1. The first-order valence-electron chi connectivity index (χ1n) is 13.2. The smallest absolute Gasteiger partial charge is 0.229 e. The fraction of sp³-hybridized carbons (Fsp3) is 0.281. The van der Waals surface area contributed by atoms with E-state index in [9.17, 15) is 4.79 Å². The molecule has 1 N–H and O–H groups in total. The Morgan fingerprint density at radius 1 is 0.895 bits per heavy atom. The summed E-state index contributed by atoms with van der Waals surface area (Å²) in [5, 5.41) is 3.03. The summed E-state index contributed by atoms with van der Waals surface area (Å²) in [4.78, 5) is 22.6. The number of rotatable bonds is 10. The van der Waals surface area contributed by atoms with Gasteiger partial charge in [-0.15, -0.1) is 0 Å². The molecule has 1 aliphatic rings. The predicted octanol–water partition coefficient (Wildman–Crippen LogP) is 6.65. The normalized spacial score (nSPS) is 13.3. The maximum atomic E-state index is 13.0. The van der Waals surface area contributed by atoms with Crippen LogP contribution < -0.4 is 14.8 Å². The lowest BCUT2D eigenvalue weighted by Gasteiger charge is -2.15. The molecule has 0 saturated heterocycles. The number of nitrogens with one attached hydrogen (secondary N) is 1. The number of hydrogen-bond donors (Lipinski definition) is 1. The van der Waals surface area contributed by atoms with E-state index in [0.29, 0.717) is 18.3 Å². The van der Waals surface area contributed by atoms with Crippen LogP contribution in [0.4, 0.5) is 5.82 Å². The zero-order valence-electron chi connectivity index (χ0n) is 21.7. The summed E-state index contributed by atoms with van der Waals surface area (Å²) in [5.41, 5.74) is 4.64. The van der Waals surface area contributed by atoms with Crippen molar-refractivity contribution < 1.29 is 14.3 Å². The molecule has 1 fully saturated rings.